The van der Waals surface area contributed by atoms with Gasteiger partial charge >= 0.3 is 5.97 Å². The number of nitrogens with one attached hydrogen (secondary N) is 1. The van der Waals surface area contributed by atoms with Gasteiger partial charge in [0.1, 0.15) is 17.2 Å². The summed E-state index contributed by atoms with van der Waals surface area (Å²) in [6.45, 7) is 3.42. The van der Waals surface area contributed by atoms with Crippen molar-refractivity contribution in [3.8, 4) is 17.2 Å². The van der Waals surface area contributed by atoms with E-state index in [1.165, 1.54) is 12.1 Å². The molecule has 0 aliphatic rings. The maximum atomic E-state index is 12.5. The normalized spacial score (nSPS) is 11.4. The molecule has 29 heavy (non-hydrogen) atoms. The van der Waals surface area contributed by atoms with Crippen LogP contribution in [0.3, 0.4) is 0 Å². The largest absolute Gasteiger partial charge is 0.481 e. The van der Waals surface area contributed by atoms with Crippen LogP contribution in [0.2, 0.25) is 0 Å². The van der Waals surface area contributed by atoms with E-state index in [9.17, 15) is 9.59 Å². The molecule has 1 amide bonds. The summed E-state index contributed by atoms with van der Waals surface area (Å²) in [5, 5.41) is 11.8. The molecule has 3 aromatic carbocycles. The zero-order valence-corrected chi connectivity index (χ0v) is 16.1. The van der Waals surface area contributed by atoms with Crippen LogP contribution in [0.4, 0.5) is 5.69 Å². The molecule has 3 rings (SSSR count). The first-order valence-corrected chi connectivity index (χ1v) is 9.07. The van der Waals surface area contributed by atoms with Crippen LogP contribution in [0.5, 0.6) is 17.2 Å². The van der Waals surface area contributed by atoms with Crippen molar-refractivity contribution in [2.75, 3.05) is 5.32 Å². The standard InChI is InChI=1S/C23H21NO5/c1-15-8-9-17(23(26)27)14-21(15)24-22(25)16(2)28-19-10-12-20(13-11-19)29-18-6-4-3-5-7-18/h3-14,16H,1-2H3,(H,24,25)(H,26,27). The van der Waals surface area contributed by atoms with E-state index in [4.69, 9.17) is 14.6 Å². The molecule has 2 N–H and O–H groups in total. The Morgan fingerprint density at radius 3 is 2.17 bits per heavy atom. The van der Waals surface area contributed by atoms with Gasteiger partial charge in [-0.15, -0.1) is 0 Å². The minimum atomic E-state index is -1.05. The van der Waals surface area contributed by atoms with E-state index < -0.39 is 12.1 Å². The fraction of sp³-hybridized carbons (Fsp3) is 0.130. The number of anilines is 1. The number of aryl methyl sites for hydroxylation is 1. The van der Waals surface area contributed by atoms with Gasteiger partial charge in [-0.1, -0.05) is 24.3 Å². The van der Waals surface area contributed by atoms with Crippen molar-refractivity contribution in [2.45, 2.75) is 20.0 Å². The predicted molar refractivity (Wildman–Crippen MR) is 110 cm³/mol. The third-order valence-electron chi connectivity index (χ3n) is 4.23. The number of carbonyl (C=O) groups excluding carboxylic acids is 1. The van der Waals surface area contributed by atoms with Crippen LogP contribution in [0.25, 0.3) is 0 Å². The van der Waals surface area contributed by atoms with Crippen molar-refractivity contribution >= 4 is 17.6 Å². The van der Waals surface area contributed by atoms with Crippen molar-refractivity contribution in [1.82, 2.24) is 0 Å². The van der Waals surface area contributed by atoms with Gasteiger partial charge in [-0.25, -0.2) is 4.79 Å². The molecule has 1 unspecified atom stereocenters. The van der Waals surface area contributed by atoms with Crippen molar-refractivity contribution in [3.05, 3.63) is 83.9 Å². The van der Waals surface area contributed by atoms with Crippen LogP contribution in [-0.2, 0) is 4.79 Å². The molecule has 6 heteroatoms. The quantitative estimate of drug-likeness (QED) is 0.599. The lowest BCUT2D eigenvalue weighted by Gasteiger charge is -2.16. The van der Waals surface area contributed by atoms with Crippen LogP contribution in [0.1, 0.15) is 22.8 Å². The molecule has 0 heterocycles. The topological polar surface area (TPSA) is 84.9 Å². The number of para-hydroxylation sites is 1. The van der Waals surface area contributed by atoms with E-state index in [-0.39, 0.29) is 11.5 Å². The lowest BCUT2D eigenvalue weighted by molar-refractivity contribution is -0.122. The predicted octanol–water partition coefficient (Wildman–Crippen LogP) is 4.89. The Hall–Kier alpha value is -3.80. The van der Waals surface area contributed by atoms with Gasteiger partial charge < -0.3 is 19.9 Å². The van der Waals surface area contributed by atoms with Crippen LogP contribution >= 0.6 is 0 Å². The summed E-state index contributed by atoms with van der Waals surface area (Å²) in [6.07, 6.45) is -0.774. The van der Waals surface area contributed by atoms with Gasteiger partial charge in [-0.05, 0) is 67.9 Å². The van der Waals surface area contributed by atoms with Gasteiger partial charge in [0, 0.05) is 5.69 Å². The highest BCUT2D eigenvalue weighted by Gasteiger charge is 2.17. The van der Waals surface area contributed by atoms with Gasteiger partial charge in [-0.3, -0.25) is 4.79 Å². The number of benzene rings is 3. The van der Waals surface area contributed by atoms with Crippen LogP contribution in [-0.4, -0.2) is 23.1 Å². The van der Waals surface area contributed by atoms with Crippen LogP contribution < -0.4 is 14.8 Å². The van der Waals surface area contributed by atoms with Gasteiger partial charge in [0.05, 0.1) is 5.56 Å². The first-order valence-electron chi connectivity index (χ1n) is 9.07. The van der Waals surface area contributed by atoms with E-state index in [1.54, 1.807) is 44.2 Å². The summed E-state index contributed by atoms with van der Waals surface area (Å²) in [5.74, 6) is 0.474. The number of carbonyl (C=O) groups is 2. The molecule has 0 aromatic heterocycles. The second-order valence-corrected chi connectivity index (χ2v) is 6.47. The molecule has 0 spiro atoms. The molecule has 6 nitrogen and oxygen atoms in total. The molecule has 3 aromatic rings. The number of amides is 1. The van der Waals surface area contributed by atoms with Crippen molar-refractivity contribution in [3.63, 3.8) is 0 Å². The summed E-state index contributed by atoms with van der Waals surface area (Å²) < 4.78 is 11.4. The Morgan fingerprint density at radius 1 is 0.897 bits per heavy atom. The van der Waals surface area contributed by atoms with Crippen LogP contribution in [0, 0.1) is 6.92 Å². The Bertz CT molecular complexity index is 1000. The minimum absolute atomic E-state index is 0.105. The van der Waals surface area contributed by atoms with E-state index in [0.29, 0.717) is 17.2 Å². The average molecular weight is 391 g/mol. The number of carboxylic acid groups (broad SMARTS) is 1. The van der Waals surface area contributed by atoms with Gasteiger partial charge in [-0.2, -0.15) is 0 Å². The molecule has 1 atom stereocenters. The Kier molecular flexibility index (Phi) is 6.14. The number of ether oxygens (including phenoxy) is 2. The molecular weight excluding hydrogens is 370 g/mol. The summed E-state index contributed by atoms with van der Waals surface area (Å²) in [5.41, 5.74) is 1.31. The number of hydrogen-bond acceptors (Lipinski definition) is 4. The first-order chi connectivity index (χ1) is 13.9. The fourth-order valence-electron chi connectivity index (χ4n) is 2.59. The molecule has 0 saturated heterocycles. The van der Waals surface area contributed by atoms with Gasteiger partial charge in [0.2, 0.25) is 0 Å². The Balaban J connectivity index is 1.61. The van der Waals surface area contributed by atoms with E-state index in [2.05, 4.69) is 5.32 Å². The average Bonchev–Trinajstić information content (AvgIpc) is 2.71. The second-order valence-electron chi connectivity index (χ2n) is 6.47. The lowest BCUT2D eigenvalue weighted by atomic mass is 10.1. The molecule has 148 valence electrons. The zero-order chi connectivity index (χ0) is 20.8. The van der Waals surface area contributed by atoms with Crippen molar-refractivity contribution in [2.24, 2.45) is 0 Å². The van der Waals surface area contributed by atoms with E-state index in [1.807, 2.05) is 30.3 Å². The smallest absolute Gasteiger partial charge is 0.335 e. The summed E-state index contributed by atoms with van der Waals surface area (Å²) in [6, 6.07) is 20.9. The zero-order valence-electron chi connectivity index (χ0n) is 16.1. The highest BCUT2D eigenvalue weighted by atomic mass is 16.5. The molecular formula is C23H21NO5. The highest BCUT2D eigenvalue weighted by Crippen LogP contribution is 2.24. The van der Waals surface area contributed by atoms with Crippen molar-refractivity contribution < 1.29 is 24.2 Å². The fourth-order valence-corrected chi connectivity index (χ4v) is 2.59. The molecule has 0 radical (unpaired) electrons. The third-order valence-corrected chi connectivity index (χ3v) is 4.23. The summed E-state index contributed by atoms with van der Waals surface area (Å²) in [7, 11) is 0. The monoisotopic (exact) mass is 391 g/mol. The van der Waals surface area contributed by atoms with E-state index >= 15 is 0 Å². The second kappa shape index (κ2) is 8.93. The minimum Gasteiger partial charge on any atom is -0.481 e. The van der Waals surface area contributed by atoms with E-state index in [0.717, 1.165) is 11.3 Å². The number of carboxylic acids is 1. The number of hydrogen-bond donors (Lipinski definition) is 2. The molecule has 0 fully saturated rings. The third kappa shape index (κ3) is 5.35. The van der Waals surface area contributed by atoms with Gasteiger partial charge in [0.15, 0.2) is 6.10 Å². The highest BCUT2D eigenvalue weighted by molar-refractivity contribution is 5.96. The Morgan fingerprint density at radius 2 is 1.52 bits per heavy atom. The SMILES string of the molecule is Cc1ccc(C(=O)O)cc1NC(=O)C(C)Oc1ccc(Oc2ccccc2)cc1. The number of rotatable bonds is 7. The maximum absolute atomic E-state index is 12.5. The maximum Gasteiger partial charge on any atom is 0.335 e. The molecule has 0 saturated carbocycles. The van der Waals surface area contributed by atoms with Crippen LogP contribution in [0.15, 0.2) is 72.8 Å². The molecule has 0 aliphatic heterocycles. The molecule has 0 aliphatic carbocycles. The van der Waals surface area contributed by atoms with Gasteiger partial charge in [0.25, 0.3) is 5.91 Å². The molecule has 0 bridgehead atoms. The first kappa shape index (κ1) is 19.9. The summed E-state index contributed by atoms with van der Waals surface area (Å²) in [4.78, 5) is 23.6. The summed E-state index contributed by atoms with van der Waals surface area (Å²) >= 11 is 0. The Labute approximate surface area is 168 Å². The number of aromatic carboxylic acids is 1. The van der Waals surface area contributed by atoms with Crippen molar-refractivity contribution in [1.29, 1.82) is 0 Å². The lowest BCUT2D eigenvalue weighted by Crippen LogP contribution is -2.30.